The second-order valence-electron chi connectivity index (χ2n) is 8.87. The number of aromatic nitrogens is 1. The number of nitrogens with zero attached hydrogens (tertiary/aromatic N) is 3. The van der Waals surface area contributed by atoms with Crippen molar-refractivity contribution in [3.8, 4) is 11.5 Å². The minimum absolute atomic E-state index is 0.0616. The Hall–Kier alpha value is -2.65. The van der Waals surface area contributed by atoms with E-state index in [1.54, 1.807) is 18.5 Å². The van der Waals surface area contributed by atoms with E-state index in [2.05, 4.69) is 4.98 Å². The molecule has 2 aliphatic rings. The second-order valence-corrected chi connectivity index (χ2v) is 10.8. The number of rotatable bonds is 6. The number of hydrogen-bond donors (Lipinski definition) is 0. The minimum Gasteiger partial charge on any atom is -0.493 e. The van der Waals surface area contributed by atoms with Crippen LogP contribution < -0.4 is 9.47 Å². The average molecular weight is 488 g/mol. The molecule has 1 unspecified atom stereocenters. The monoisotopic (exact) mass is 487 g/mol. The number of sulfonamides is 1. The summed E-state index contributed by atoms with van der Waals surface area (Å²) < 4.78 is 38.4. The Balaban J connectivity index is 1.46. The van der Waals surface area contributed by atoms with E-state index in [9.17, 15) is 13.2 Å². The normalized spacial score (nSPS) is 20.5. The Kier molecular flexibility index (Phi) is 7.73. The Morgan fingerprint density at radius 1 is 0.912 bits per heavy atom. The van der Waals surface area contributed by atoms with E-state index in [4.69, 9.17) is 9.47 Å². The van der Waals surface area contributed by atoms with Crippen molar-refractivity contribution in [2.75, 3.05) is 33.9 Å². The van der Waals surface area contributed by atoms with Crippen LogP contribution in [-0.2, 0) is 14.8 Å². The van der Waals surface area contributed by atoms with Gasteiger partial charge >= 0.3 is 0 Å². The van der Waals surface area contributed by atoms with Crippen molar-refractivity contribution in [3.63, 3.8) is 0 Å². The summed E-state index contributed by atoms with van der Waals surface area (Å²) in [5.74, 6) is 0.829. The molecule has 0 bridgehead atoms. The van der Waals surface area contributed by atoms with Gasteiger partial charge in [0.25, 0.3) is 0 Å². The van der Waals surface area contributed by atoms with Gasteiger partial charge in [0.1, 0.15) is 0 Å². The molecule has 0 radical (unpaired) electrons. The molecule has 34 heavy (non-hydrogen) atoms. The van der Waals surface area contributed by atoms with E-state index in [-0.39, 0.29) is 22.8 Å². The van der Waals surface area contributed by atoms with E-state index >= 15 is 0 Å². The number of piperidine rings is 1. The Morgan fingerprint density at radius 2 is 1.62 bits per heavy atom. The lowest BCUT2D eigenvalue weighted by atomic mass is 9.94. The van der Waals surface area contributed by atoms with Crippen LogP contribution in [0.1, 0.15) is 50.1 Å². The second kappa shape index (κ2) is 10.7. The van der Waals surface area contributed by atoms with E-state index < -0.39 is 10.0 Å². The fraction of sp³-hybridized carbons (Fsp3) is 0.520. The van der Waals surface area contributed by atoms with Crippen LogP contribution in [0.2, 0.25) is 0 Å². The first-order valence-corrected chi connectivity index (χ1v) is 13.3. The lowest BCUT2D eigenvalue weighted by Crippen LogP contribution is -2.45. The fourth-order valence-corrected chi connectivity index (χ4v) is 6.49. The highest BCUT2D eigenvalue weighted by Gasteiger charge is 2.36. The quantitative estimate of drug-likeness (QED) is 0.618. The van der Waals surface area contributed by atoms with E-state index in [0.29, 0.717) is 37.4 Å². The summed E-state index contributed by atoms with van der Waals surface area (Å²) in [6.07, 6.45) is 8.75. The first kappa shape index (κ1) is 24.5. The van der Waals surface area contributed by atoms with Crippen molar-refractivity contribution in [1.82, 2.24) is 14.2 Å². The molecule has 1 atom stereocenters. The van der Waals surface area contributed by atoms with Crippen molar-refractivity contribution in [3.05, 3.63) is 48.3 Å². The smallest absolute Gasteiger partial charge is 0.243 e. The number of amides is 1. The Bertz CT molecular complexity index is 1080. The molecule has 3 heterocycles. The van der Waals surface area contributed by atoms with Crippen LogP contribution in [0.5, 0.6) is 11.5 Å². The number of ether oxygens (including phenoxy) is 2. The van der Waals surface area contributed by atoms with Crippen LogP contribution in [0.25, 0.3) is 0 Å². The molecule has 0 saturated carbocycles. The van der Waals surface area contributed by atoms with Crippen LogP contribution in [0.4, 0.5) is 0 Å². The van der Waals surface area contributed by atoms with Gasteiger partial charge in [0.15, 0.2) is 11.5 Å². The van der Waals surface area contributed by atoms with Gasteiger partial charge in [0.05, 0.1) is 25.2 Å². The first-order chi connectivity index (χ1) is 16.5. The van der Waals surface area contributed by atoms with Crippen LogP contribution in [0, 0.1) is 5.92 Å². The number of benzene rings is 1. The van der Waals surface area contributed by atoms with Gasteiger partial charge in [-0.15, -0.1) is 0 Å². The van der Waals surface area contributed by atoms with E-state index in [1.807, 2.05) is 17.0 Å². The molecular weight excluding hydrogens is 454 g/mol. The molecular formula is C25H33N3O5S. The van der Waals surface area contributed by atoms with Crippen molar-refractivity contribution in [2.24, 2.45) is 5.92 Å². The van der Waals surface area contributed by atoms with Crippen LogP contribution >= 0.6 is 0 Å². The maximum atomic E-state index is 13.6. The van der Waals surface area contributed by atoms with Gasteiger partial charge in [-0.25, -0.2) is 8.42 Å². The molecule has 0 aliphatic carbocycles. The summed E-state index contributed by atoms with van der Waals surface area (Å²) in [6, 6.07) is 8.67. The van der Waals surface area contributed by atoms with E-state index in [1.165, 1.54) is 30.7 Å². The van der Waals surface area contributed by atoms with Gasteiger partial charge in [-0.2, -0.15) is 4.31 Å². The van der Waals surface area contributed by atoms with Crippen molar-refractivity contribution in [1.29, 1.82) is 0 Å². The molecule has 184 valence electrons. The van der Waals surface area contributed by atoms with Gasteiger partial charge in [-0.3, -0.25) is 9.78 Å². The lowest BCUT2D eigenvalue weighted by molar-refractivity contribution is -0.139. The number of pyridine rings is 1. The first-order valence-electron chi connectivity index (χ1n) is 11.9. The highest BCUT2D eigenvalue weighted by molar-refractivity contribution is 7.89. The third kappa shape index (κ3) is 5.05. The zero-order valence-electron chi connectivity index (χ0n) is 19.9. The number of likely N-dealkylation sites (tertiary alicyclic amines) is 1. The molecule has 8 nitrogen and oxygen atoms in total. The Morgan fingerprint density at radius 3 is 2.29 bits per heavy atom. The molecule has 1 aromatic carbocycles. The van der Waals surface area contributed by atoms with Crippen LogP contribution in [0.3, 0.4) is 0 Å². The number of carbonyl (C=O) groups is 1. The third-order valence-electron chi connectivity index (χ3n) is 6.92. The van der Waals surface area contributed by atoms with E-state index in [0.717, 1.165) is 37.8 Å². The zero-order valence-corrected chi connectivity index (χ0v) is 20.7. The van der Waals surface area contributed by atoms with Crippen LogP contribution in [0.15, 0.2) is 47.6 Å². The molecule has 0 spiro atoms. The predicted molar refractivity (Wildman–Crippen MR) is 128 cm³/mol. The summed E-state index contributed by atoms with van der Waals surface area (Å²) in [7, 11) is -0.696. The molecule has 0 N–H and O–H groups in total. The summed E-state index contributed by atoms with van der Waals surface area (Å²) in [6.45, 7) is 1.39. The standard InChI is InChI=1S/C25H33N3O5S/c1-32-23-8-7-21(18-24(23)33-2)34(30,31)27-16-11-20(12-17-27)25(29)28-15-5-3-4-6-22(28)19-9-13-26-14-10-19/h7-10,13-14,18,20,22H,3-6,11-12,15-17H2,1-2H3. The third-order valence-corrected chi connectivity index (χ3v) is 8.82. The average Bonchev–Trinajstić information content (AvgIpc) is 3.14. The summed E-state index contributed by atoms with van der Waals surface area (Å²) in [5.41, 5.74) is 1.12. The molecule has 1 aromatic heterocycles. The Labute approximate surface area is 201 Å². The minimum atomic E-state index is -3.69. The zero-order chi connectivity index (χ0) is 24.1. The largest absolute Gasteiger partial charge is 0.493 e. The number of carbonyl (C=O) groups excluding carboxylic acids is 1. The predicted octanol–water partition coefficient (Wildman–Crippen LogP) is 3.64. The topological polar surface area (TPSA) is 89.0 Å². The molecule has 2 fully saturated rings. The summed E-state index contributed by atoms with van der Waals surface area (Å²) >= 11 is 0. The maximum Gasteiger partial charge on any atom is 0.243 e. The lowest BCUT2D eigenvalue weighted by Gasteiger charge is -2.36. The highest BCUT2D eigenvalue weighted by atomic mass is 32.2. The van der Waals surface area contributed by atoms with Crippen molar-refractivity contribution in [2.45, 2.75) is 49.5 Å². The molecule has 2 saturated heterocycles. The molecule has 2 aromatic rings. The van der Waals surface area contributed by atoms with Crippen molar-refractivity contribution >= 4 is 15.9 Å². The fourth-order valence-electron chi connectivity index (χ4n) is 5.01. The molecule has 4 rings (SSSR count). The molecule has 2 aliphatic heterocycles. The molecule has 1 amide bonds. The number of methoxy groups -OCH3 is 2. The van der Waals surface area contributed by atoms with Crippen molar-refractivity contribution < 1.29 is 22.7 Å². The summed E-state index contributed by atoms with van der Waals surface area (Å²) in [5, 5.41) is 0. The summed E-state index contributed by atoms with van der Waals surface area (Å²) in [4.78, 5) is 19.9. The van der Waals surface area contributed by atoms with Gasteiger partial charge < -0.3 is 14.4 Å². The number of hydrogen-bond acceptors (Lipinski definition) is 6. The van der Waals surface area contributed by atoms with Crippen LogP contribution in [-0.4, -0.2) is 62.4 Å². The van der Waals surface area contributed by atoms with Gasteiger partial charge in [-0.05, 0) is 55.5 Å². The highest BCUT2D eigenvalue weighted by Crippen LogP contribution is 2.35. The SMILES string of the molecule is COc1ccc(S(=O)(=O)N2CCC(C(=O)N3CCCCCC3c3ccncc3)CC2)cc1OC. The maximum absolute atomic E-state index is 13.6. The van der Waals surface area contributed by atoms with Gasteiger partial charge in [0, 0.05) is 44.0 Å². The van der Waals surface area contributed by atoms with Gasteiger partial charge in [-0.1, -0.05) is 12.8 Å². The molecule has 9 heteroatoms. The van der Waals surface area contributed by atoms with Gasteiger partial charge in [0.2, 0.25) is 15.9 Å².